The van der Waals surface area contributed by atoms with E-state index in [2.05, 4.69) is 39.0 Å². The molecule has 1 aliphatic carbocycles. The van der Waals surface area contributed by atoms with Crippen LogP contribution in [0.25, 0.3) is 0 Å². The fourth-order valence-electron chi connectivity index (χ4n) is 2.46. The molecule has 0 aromatic carbocycles. The van der Waals surface area contributed by atoms with Crippen molar-refractivity contribution in [2.75, 3.05) is 0 Å². The van der Waals surface area contributed by atoms with Crippen molar-refractivity contribution in [3.8, 4) is 0 Å². The van der Waals surface area contributed by atoms with E-state index in [0.29, 0.717) is 30.0 Å². The summed E-state index contributed by atoms with van der Waals surface area (Å²) < 4.78 is 0. The molecule has 0 aromatic heterocycles. The molecule has 0 bridgehead atoms. The first-order valence-electron chi connectivity index (χ1n) is 6.32. The summed E-state index contributed by atoms with van der Waals surface area (Å²) in [7, 11) is 0. The molecule has 1 atom stereocenters. The first-order chi connectivity index (χ1) is 7.47. The Bertz CT molecular complexity index is 307. The fraction of sp³-hybridized carbons (Fsp3) is 0.667. The number of hydrogen-bond donors (Lipinski definition) is 0. The summed E-state index contributed by atoms with van der Waals surface area (Å²) in [4.78, 5) is 11.2. The molecule has 90 valence electrons. The lowest BCUT2D eigenvalue weighted by molar-refractivity contribution is -0.117. The number of hydrogen-bond acceptors (Lipinski definition) is 1. The third kappa shape index (κ3) is 3.33. The molecule has 0 aliphatic heterocycles. The number of Topliss-reactive ketones (excluding diaryl/α,β-unsaturated/α-hetero) is 1. The number of ketones is 1. The van der Waals surface area contributed by atoms with Gasteiger partial charge in [0.15, 0.2) is 0 Å². The van der Waals surface area contributed by atoms with Crippen LogP contribution in [0.3, 0.4) is 0 Å². The van der Waals surface area contributed by atoms with Crippen molar-refractivity contribution in [1.29, 1.82) is 0 Å². The SMILES string of the molecule is CCC(=O)CC=CC1C(C)=CCCC1(C)C. The summed E-state index contributed by atoms with van der Waals surface area (Å²) in [6, 6.07) is 0. The maximum Gasteiger partial charge on any atom is 0.136 e. The van der Waals surface area contributed by atoms with Gasteiger partial charge in [-0.25, -0.2) is 0 Å². The third-order valence-electron chi connectivity index (χ3n) is 3.66. The number of rotatable bonds is 4. The predicted octanol–water partition coefficient (Wildman–Crippen LogP) is 4.29. The average Bonchev–Trinajstić information content (AvgIpc) is 2.21. The predicted molar refractivity (Wildman–Crippen MR) is 69.3 cm³/mol. The summed E-state index contributed by atoms with van der Waals surface area (Å²) in [5.41, 5.74) is 1.79. The minimum Gasteiger partial charge on any atom is -0.299 e. The van der Waals surface area contributed by atoms with E-state index in [1.54, 1.807) is 0 Å². The molecule has 1 heteroatoms. The summed E-state index contributed by atoms with van der Waals surface area (Å²) in [6.07, 6.45) is 10.3. The summed E-state index contributed by atoms with van der Waals surface area (Å²) >= 11 is 0. The van der Waals surface area contributed by atoms with E-state index in [0.717, 1.165) is 0 Å². The van der Waals surface area contributed by atoms with Gasteiger partial charge in [0.2, 0.25) is 0 Å². The highest BCUT2D eigenvalue weighted by Crippen LogP contribution is 2.41. The van der Waals surface area contributed by atoms with Gasteiger partial charge < -0.3 is 0 Å². The summed E-state index contributed by atoms with van der Waals surface area (Å²) in [5, 5.41) is 0. The van der Waals surface area contributed by atoms with Gasteiger partial charge in [-0.3, -0.25) is 4.79 Å². The molecule has 16 heavy (non-hydrogen) atoms. The van der Waals surface area contributed by atoms with Crippen LogP contribution in [-0.4, -0.2) is 5.78 Å². The van der Waals surface area contributed by atoms with Crippen LogP contribution >= 0.6 is 0 Å². The van der Waals surface area contributed by atoms with Crippen LogP contribution in [0, 0.1) is 11.3 Å². The second-order valence-electron chi connectivity index (χ2n) is 5.48. The lowest BCUT2D eigenvalue weighted by Gasteiger charge is -2.36. The van der Waals surface area contributed by atoms with E-state index in [1.807, 2.05) is 6.92 Å². The minimum atomic E-state index is 0.325. The fourth-order valence-corrected chi connectivity index (χ4v) is 2.46. The van der Waals surface area contributed by atoms with Crippen molar-refractivity contribution in [1.82, 2.24) is 0 Å². The van der Waals surface area contributed by atoms with Gasteiger partial charge in [0, 0.05) is 18.8 Å². The Hall–Kier alpha value is -0.850. The molecule has 1 aliphatic rings. The Morgan fingerprint density at radius 2 is 2.25 bits per heavy atom. The molecule has 0 heterocycles. The summed E-state index contributed by atoms with van der Waals surface area (Å²) in [5.74, 6) is 0.831. The molecule has 0 saturated heterocycles. The van der Waals surface area contributed by atoms with Gasteiger partial charge in [-0.2, -0.15) is 0 Å². The molecule has 1 nitrogen and oxygen atoms in total. The monoisotopic (exact) mass is 220 g/mol. The molecule has 1 rings (SSSR count). The Balaban J connectivity index is 2.66. The molecule has 0 radical (unpaired) electrons. The highest BCUT2D eigenvalue weighted by Gasteiger charge is 2.30. The molecular weight excluding hydrogens is 196 g/mol. The smallest absolute Gasteiger partial charge is 0.136 e. The maximum absolute atomic E-state index is 11.2. The lowest BCUT2D eigenvalue weighted by atomic mass is 9.68. The highest BCUT2D eigenvalue weighted by molar-refractivity contribution is 5.79. The Kier molecular flexibility index (Phi) is 4.52. The van der Waals surface area contributed by atoms with E-state index in [9.17, 15) is 4.79 Å². The zero-order chi connectivity index (χ0) is 12.2. The van der Waals surface area contributed by atoms with Crippen LogP contribution in [0.4, 0.5) is 0 Å². The van der Waals surface area contributed by atoms with Gasteiger partial charge in [-0.05, 0) is 25.2 Å². The zero-order valence-electron chi connectivity index (χ0n) is 11.0. The maximum atomic E-state index is 11.2. The van der Waals surface area contributed by atoms with Gasteiger partial charge >= 0.3 is 0 Å². The third-order valence-corrected chi connectivity index (χ3v) is 3.66. The molecule has 0 spiro atoms. The first kappa shape index (κ1) is 13.2. The molecule has 0 aromatic rings. The van der Waals surface area contributed by atoms with Crippen LogP contribution in [0.2, 0.25) is 0 Å². The van der Waals surface area contributed by atoms with E-state index in [1.165, 1.54) is 18.4 Å². The Morgan fingerprint density at radius 1 is 1.56 bits per heavy atom. The average molecular weight is 220 g/mol. The number of allylic oxidation sites excluding steroid dienone is 4. The molecular formula is C15H24O. The highest BCUT2D eigenvalue weighted by atomic mass is 16.1. The van der Waals surface area contributed by atoms with Crippen molar-refractivity contribution in [2.24, 2.45) is 11.3 Å². The minimum absolute atomic E-state index is 0.325. The molecule has 1 unspecified atom stereocenters. The van der Waals surface area contributed by atoms with Gasteiger partial charge in [-0.15, -0.1) is 0 Å². The second-order valence-corrected chi connectivity index (χ2v) is 5.48. The van der Waals surface area contributed by atoms with Crippen molar-refractivity contribution < 1.29 is 4.79 Å². The topological polar surface area (TPSA) is 17.1 Å². The molecule has 0 N–H and O–H groups in total. The van der Waals surface area contributed by atoms with Gasteiger partial charge in [-0.1, -0.05) is 44.6 Å². The van der Waals surface area contributed by atoms with E-state index >= 15 is 0 Å². The van der Waals surface area contributed by atoms with Crippen molar-refractivity contribution in [3.05, 3.63) is 23.8 Å². The normalized spacial score (nSPS) is 24.5. The van der Waals surface area contributed by atoms with Crippen LogP contribution in [0.1, 0.15) is 53.4 Å². The van der Waals surface area contributed by atoms with Crippen LogP contribution in [0.5, 0.6) is 0 Å². The Labute approximate surface area is 99.6 Å². The Morgan fingerprint density at radius 3 is 2.81 bits per heavy atom. The van der Waals surface area contributed by atoms with Crippen molar-refractivity contribution in [2.45, 2.75) is 53.4 Å². The van der Waals surface area contributed by atoms with Gasteiger partial charge in [0.05, 0.1) is 0 Å². The van der Waals surface area contributed by atoms with Crippen LogP contribution in [-0.2, 0) is 4.79 Å². The standard InChI is InChI=1S/C15H24O/c1-5-13(16)9-6-10-14-12(2)8-7-11-15(14,3)4/h6,8,10,14H,5,7,9,11H2,1-4H3. The molecule has 0 fully saturated rings. The summed E-state index contributed by atoms with van der Waals surface area (Å²) in [6.45, 7) is 8.77. The number of carbonyl (C=O) groups is 1. The zero-order valence-corrected chi connectivity index (χ0v) is 11.0. The molecule has 0 saturated carbocycles. The first-order valence-corrected chi connectivity index (χ1v) is 6.32. The number of carbonyl (C=O) groups excluding carboxylic acids is 1. The van der Waals surface area contributed by atoms with Crippen LogP contribution in [0.15, 0.2) is 23.8 Å². The van der Waals surface area contributed by atoms with Crippen molar-refractivity contribution >= 4 is 5.78 Å². The van der Waals surface area contributed by atoms with E-state index in [-0.39, 0.29) is 0 Å². The van der Waals surface area contributed by atoms with Crippen LogP contribution < -0.4 is 0 Å². The van der Waals surface area contributed by atoms with Gasteiger partial charge in [0.1, 0.15) is 5.78 Å². The van der Waals surface area contributed by atoms with E-state index < -0.39 is 0 Å². The van der Waals surface area contributed by atoms with Gasteiger partial charge in [0.25, 0.3) is 0 Å². The quantitative estimate of drug-likeness (QED) is 0.646. The second kappa shape index (κ2) is 5.47. The lowest BCUT2D eigenvalue weighted by Crippen LogP contribution is -2.26. The molecule has 0 amide bonds. The van der Waals surface area contributed by atoms with E-state index in [4.69, 9.17) is 0 Å². The largest absolute Gasteiger partial charge is 0.299 e. The van der Waals surface area contributed by atoms with Crippen molar-refractivity contribution in [3.63, 3.8) is 0 Å².